The van der Waals surface area contributed by atoms with Gasteiger partial charge in [0.2, 0.25) is 0 Å². The van der Waals surface area contributed by atoms with Crippen molar-refractivity contribution < 1.29 is 14.6 Å². The van der Waals surface area contributed by atoms with Gasteiger partial charge in [-0.3, -0.25) is 0 Å². The predicted molar refractivity (Wildman–Crippen MR) is 130 cm³/mol. The second kappa shape index (κ2) is 14.9. The maximum absolute atomic E-state index is 11.6. The molecule has 0 spiro atoms. The SMILES string of the molecule is CCCCCCCCCC1(CCCCCCCCC)CCOC1(O)Oc1ccccc1. The molecule has 2 rings (SSSR count). The maximum atomic E-state index is 11.6. The molecular weight excluding hydrogens is 384 g/mol. The van der Waals surface area contributed by atoms with Gasteiger partial charge in [0.25, 0.3) is 0 Å². The minimum Gasteiger partial charge on any atom is -0.439 e. The second-order valence-electron chi connectivity index (χ2n) is 9.62. The summed E-state index contributed by atoms with van der Waals surface area (Å²) in [5.41, 5.74) is -0.296. The van der Waals surface area contributed by atoms with Gasteiger partial charge >= 0.3 is 5.97 Å². The molecule has 0 radical (unpaired) electrons. The van der Waals surface area contributed by atoms with Crippen LogP contribution in [0.4, 0.5) is 0 Å². The molecule has 1 aromatic rings. The van der Waals surface area contributed by atoms with Crippen molar-refractivity contribution in [3.8, 4) is 5.75 Å². The maximum Gasteiger partial charge on any atom is 0.330 e. The van der Waals surface area contributed by atoms with Crippen molar-refractivity contribution in [2.45, 2.75) is 129 Å². The van der Waals surface area contributed by atoms with E-state index in [1.807, 2.05) is 30.3 Å². The molecule has 0 amide bonds. The molecule has 3 nitrogen and oxygen atoms in total. The topological polar surface area (TPSA) is 38.7 Å². The van der Waals surface area contributed by atoms with E-state index in [2.05, 4.69) is 13.8 Å². The van der Waals surface area contributed by atoms with Crippen LogP contribution in [-0.2, 0) is 4.74 Å². The lowest BCUT2D eigenvalue weighted by molar-refractivity contribution is -0.346. The summed E-state index contributed by atoms with van der Waals surface area (Å²) in [5, 5.41) is 11.6. The molecule has 0 bridgehead atoms. The van der Waals surface area contributed by atoms with Crippen LogP contribution in [0.2, 0.25) is 0 Å². The summed E-state index contributed by atoms with van der Waals surface area (Å²) >= 11 is 0. The molecule has 1 aliphatic heterocycles. The van der Waals surface area contributed by atoms with Crippen molar-refractivity contribution in [2.24, 2.45) is 5.41 Å². The van der Waals surface area contributed by atoms with Gasteiger partial charge in [-0.2, -0.15) is 0 Å². The number of benzene rings is 1. The van der Waals surface area contributed by atoms with Crippen LogP contribution in [0.1, 0.15) is 123 Å². The van der Waals surface area contributed by atoms with Gasteiger partial charge in [0.05, 0.1) is 12.0 Å². The van der Waals surface area contributed by atoms with Crippen molar-refractivity contribution >= 4 is 0 Å². The quantitative estimate of drug-likeness (QED) is 0.187. The Kier molecular flexibility index (Phi) is 12.6. The van der Waals surface area contributed by atoms with Gasteiger partial charge in [-0.1, -0.05) is 122 Å². The van der Waals surface area contributed by atoms with Crippen LogP contribution in [0.25, 0.3) is 0 Å². The fraction of sp³-hybridized carbons (Fsp3) is 0.786. The van der Waals surface area contributed by atoms with E-state index in [1.54, 1.807) is 0 Å². The van der Waals surface area contributed by atoms with Gasteiger partial charge in [0.1, 0.15) is 5.75 Å². The predicted octanol–water partition coefficient (Wildman–Crippen LogP) is 8.40. The Morgan fingerprint density at radius 3 is 1.74 bits per heavy atom. The summed E-state index contributed by atoms with van der Waals surface area (Å²) in [5.74, 6) is -0.811. The number of unbranched alkanes of at least 4 members (excludes halogenated alkanes) is 12. The van der Waals surface area contributed by atoms with Crippen LogP contribution in [-0.4, -0.2) is 17.7 Å². The molecule has 1 N–H and O–H groups in total. The van der Waals surface area contributed by atoms with E-state index >= 15 is 0 Å². The molecule has 1 heterocycles. The number of hydrogen-bond donors (Lipinski definition) is 1. The molecular formula is C28H48O3. The largest absolute Gasteiger partial charge is 0.439 e. The Morgan fingerprint density at radius 2 is 1.23 bits per heavy atom. The summed E-state index contributed by atoms with van der Waals surface area (Å²) in [6.45, 7) is 5.11. The Bertz CT molecular complexity index is 541. The lowest BCUT2D eigenvalue weighted by Gasteiger charge is -2.40. The first kappa shape index (κ1) is 26.2. The zero-order chi connectivity index (χ0) is 22.3. The Labute approximate surface area is 191 Å². The van der Waals surface area contributed by atoms with Gasteiger partial charge in [0, 0.05) is 0 Å². The van der Waals surface area contributed by atoms with Crippen LogP contribution in [0, 0.1) is 5.41 Å². The highest BCUT2D eigenvalue weighted by atomic mass is 16.8. The number of para-hydroxylation sites is 1. The van der Waals surface area contributed by atoms with Gasteiger partial charge in [-0.25, -0.2) is 0 Å². The minimum absolute atomic E-state index is 0.296. The standard InChI is InChI=1S/C28H48O3/c1-3-5-7-9-11-13-18-22-27(23-19-14-12-10-8-6-4-2)24-25-30-28(27,29)31-26-20-16-15-17-21-26/h15-17,20-21,29H,3-14,18-19,22-25H2,1-2H3. The fourth-order valence-corrected chi connectivity index (χ4v) is 5.01. The molecule has 178 valence electrons. The fourth-order valence-electron chi connectivity index (χ4n) is 5.01. The van der Waals surface area contributed by atoms with Gasteiger partial charge in [-0.05, 0) is 31.4 Å². The monoisotopic (exact) mass is 432 g/mol. The summed E-state index contributed by atoms with van der Waals surface area (Å²) in [6, 6.07) is 9.68. The highest BCUT2D eigenvalue weighted by Gasteiger charge is 2.57. The normalized spacial score (nSPS) is 20.2. The smallest absolute Gasteiger partial charge is 0.330 e. The summed E-state index contributed by atoms with van der Waals surface area (Å²) in [7, 11) is 0. The average Bonchev–Trinajstić information content (AvgIpc) is 3.08. The summed E-state index contributed by atoms with van der Waals surface area (Å²) < 4.78 is 12.0. The zero-order valence-electron chi connectivity index (χ0n) is 20.4. The van der Waals surface area contributed by atoms with Gasteiger partial charge in [0.15, 0.2) is 0 Å². The van der Waals surface area contributed by atoms with E-state index < -0.39 is 5.97 Å². The number of hydrogen-bond acceptors (Lipinski definition) is 3. The van der Waals surface area contributed by atoms with E-state index in [0.717, 1.165) is 32.1 Å². The van der Waals surface area contributed by atoms with E-state index in [0.29, 0.717) is 12.4 Å². The van der Waals surface area contributed by atoms with E-state index in [4.69, 9.17) is 9.47 Å². The molecule has 0 aliphatic carbocycles. The highest BCUT2D eigenvalue weighted by Crippen LogP contribution is 2.50. The zero-order valence-corrected chi connectivity index (χ0v) is 20.4. The lowest BCUT2D eigenvalue weighted by Crippen LogP contribution is -2.50. The highest BCUT2D eigenvalue weighted by molar-refractivity contribution is 5.22. The van der Waals surface area contributed by atoms with Gasteiger partial charge in [-0.15, -0.1) is 0 Å². The molecule has 0 saturated carbocycles. The first-order chi connectivity index (χ1) is 15.2. The van der Waals surface area contributed by atoms with Crippen molar-refractivity contribution in [1.29, 1.82) is 0 Å². The lowest BCUT2D eigenvalue weighted by atomic mass is 9.74. The molecule has 1 saturated heterocycles. The van der Waals surface area contributed by atoms with E-state index in [9.17, 15) is 5.11 Å². The molecule has 1 atom stereocenters. The Balaban J connectivity index is 1.92. The van der Waals surface area contributed by atoms with Crippen molar-refractivity contribution in [2.75, 3.05) is 6.61 Å². The third kappa shape index (κ3) is 8.77. The van der Waals surface area contributed by atoms with E-state index in [1.165, 1.54) is 77.0 Å². The molecule has 1 aromatic carbocycles. The van der Waals surface area contributed by atoms with Crippen molar-refractivity contribution in [3.05, 3.63) is 30.3 Å². The first-order valence-electron chi connectivity index (χ1n) is 13.3. The van der Waals surface area contributed by atoms with Crippen LogP contribution < -0.4 is 4.74 Å². The molecule has 1 aliphatic rings. The van der Waals surface area contributed by atoms with E-state index in [-0.39, 0.29) is 5.41 Å². The third-order valence-electron chi connectivity index (χ3n) is 7.07. The molecule has 1 unspecified atom stereocenters. The van der Waals surface area contributed by atoms with Crippen LogP contribution >= 0.6 is 0 Å². The van der Waals surface area contributed by atoms with Crippen molar-refractivity contribution in [1.82, 2.24) is 0 Å². The van der Waals surface area contributed by atoms with Gasteiger partial charge < -0.3 is 14.6 Å². The molecule has 1 fully saturated rings. The number of aliphatic hydroxyl groups is 1. The third-order valence-corrected chi connectivity index (χ3v) is 7.07. The van der Waals surface area contributed by atoms with Crippen LogP contribution in [0.3, 0.4) is 0 Å². The summed E-state index contributed by atoms with van der Waals surface area (Å²) in [6.07, 6.45) is 20.9. The number of rotatable bonds is 18. The van der Waals surface area contributed by atoms with Crippen LogP contribution in [0.15, 0.2) is 30.3 Å². The number of ether oxygens (including phenoxy) is 2. The molecule has 31 heavy (non-hydrogen) atoms. The Morgan fingerprint density at radius 1 is 0.742 bits per heavy atom. The summed E-state index contributed by atoms with van der Waals surface area (Å²) in [4.78, 5) is 0. The second-order valence-corrected chi connectivity index (χ2v) is 9.62. The Hall–Kier alpha value is -1.06. The average molecular weight is 433 g/mol. The molecule has 0 aromatic heterocycles. The van der Waals surface area contributed by atoms with Crippen LogP contribution in [0.5, 0.6) is 5.75 Å². The first-order valence-corrected chi connectivity index (χ1v) is 13.3. The minimum atomic E-state index is -1.50. The van der Waals surface area contributed by atoms with Crippen molar-refractivity contribution in [3.63, 3.8) is 0 Å². The molecule has 3 heteroatoms.